The van der Waals surface area contributed by atoms with Crippen LogP contribution in [0.2, 0.25) is 0 Å². The molecule has 0 fully saturated rings. The molecule has 0 bridgehead atoms. The zero-order valence-corrected chi connectivity index (χ0v) is 11.6. The third-order valence-corrected chi connectivity index (χ3v) is 3.13. The van der Waals surface area contributed by atoms with Crippen molar-refractivity contribution in [1.29, 1.82) is 0 Å². The number of phenols is 1. The number of aryl methyl sites for hydroxylation is 1. The molecule has 5 nitrogen and oxygen atoms in total. The highest BCUT2D eigenvalue weighted by atomic mass is 19.1. The second kappa shape index (κ2) is 5.78. The normalized spacial score (nSPS) is 12.0. The Morgan fingerprint density at radius 1 is 1.29 bits per heavy atom. The molecule has 0 aliphatic carbocycles. The number of halogens is 1. The van der Waals surface area contributed by atoms with Crippen molar-refractivity contribution in [2.75, 3.05) is 5.32 Å². The van der Waals surface area contributed by atoms with Crippen LogP contribution in [-0.2, 0) is 0 Å². The highest BCUT2D eigenvalue weighted by molar-refractivity contribution is 5.53. The molecule has 0 heterocycles. The average molecular weight is 290 g/mol. The Hall–Kier alpha value is -2.63. The quantitative estimate of drug-likeness (QED) is 0.661. The van der Waals surface area contributed by atoms with Crippen molar-refractivity contribution in [3.8, 4) is 5.75 Å². The van der Waals surface area contributed by atoms with Crippen LogP contribution in [0.4, 0.5) is 15.8 Å². The van der Waals surface area contributed by atoms with Crippen LogP contribution in [0.5, 0.6) is 5.75 Å². The summed E-state index contributed by atoms with van der Waals surface area (Å²) in [6.45, 7) is 3.67. The summed E-state index contributed by atoms with van der Waals surface area (Å²) in [4.78, 5) is 10.1. The number of non-ortho nitro benzene ring substituents is 1. The lowest BCUT2D eigenvalue weighted by Gasteiger charge is -2.17. The predicted molar refractivity (Wildman–Crippen MR) is 77.9 cm³/mol. The molecule has 2 N–H and O–H groups in total. The highest BCUT2D eigenvalue weighted by Gasteiger charge is 2.14. The zero-order chi connectivity index (χ0) is 15.6. The van der Waals surface area contributed by atoms with Crippen LogP contribution in [0.1, 0.15) is 24.1 Å². The molecule has 0 aliphatic heterocycles. The van der Waals surface area contributed by atoms with E-state index >= 15 is 0 Å². The summed E-state index contributed by atoms with van der Waals surface area (Å²) < 4.78 is 13.4. The van der Waals surface area contributed by atoms with Crippen molar-refractivity contribution in [2.45, 2.75) is 19.9 Å². The van der Waals surface area contributed by atoms with E-state index in [0.29, 0.717) is 5.56 Å². The summed E-state index contributed by atoms with van der Waals surface area (Å²) in [7, 11) is 0. The van der Waals surface area contributed by atoms with Gasteiger partial charge in [-0.1, -0.05) is 17.7 Å². The third kappa shape index (κ3) is 3.47. The fraction of sp³-hybridized carbons (Fsp3) is 0.200. The van der Waals surface area contributed by atoms with Crippen molar-refractivity contribution in [3.63, 3.8) is 0 Å². The number of nitro groups is 1. The largest absolute Gasteiger partial charge is 0.508 e. The molecule has 1 unspecified atom stereocenters. The molecule has 0 saturated carbocycles. The molecule has 0 saturated heterocycles. The Bertz CT molecular complexity index is 689. The lowest BCUT2D eigenvalue weighted by molar-refractivity contribution is -0.385. The first-order chi connectivity index (χ1) is 9.86. The number of nitro benzene ring substituents is 1. The van der Waals surface area contributed by atoms with Gasteiger partial charge in [0.15, 0.2) is 0 Å². The second-order valence-electron chi connectivity index (χ2n) is 4.88. The summed E-state index contributed by atoms with van der Waals surface area (Å²) in [6.07, 6.45) is 0. The fourth-order valence-corrected chi connectivity index (χ4v) is 2.11. The Balaban J connectivity index is 2.29. The fourth-order valence-electron chi connectivity index (χ4n) is 2.11. The van der Waals surface area contributed by atoms with Crippen LogP contribution >= 0.6 is 0 Å². The van der Waals surface area contributed by atoms with Crippen molar-refractivity contribution in [1.82, 2.24) is 0 Å². The van der Waals surface area contributed by atoms with Crippen LogP contribution < -0.4 is 5.32 Å². The molecule has 0 aromatic heterocycles. The topological polar surface area (TPSA) is 75.4 Å². The molecule has 21 heavy (non-hydrogen) atoms. The Labute approximate surface area is 121 Å². The van der Waals surface area contributed by atoms with Crippen LogP contribution in [0.3, 0.4) is 0 Å². The van der Waals surface area contributed by atoms with Gasteiger partial charge in [-0.2, -0.15) is 0 Å². The standard InChI is InChI=1S/C15H15FN2O3/c1-9-3-4-15(19)14(5-9)10(2)17-12-6-11(16)7-13(8-12)18(20)21/h3-8,10,17,19H,1-2H3. The second-order valence-corrected chi connectivity index (χ2v) is 4.88. The molecule has 0 aliphatic rings. The van der Waals surface area contributed by atoms with Crippen molar-refractivity contribution in [3.05, 3.63) is 63.5 Å². The number of anilines is 1. The third-order valence-electron chi connectivity index (χ3n) is 3.13. The summed E-state index contributed by atoms with van der Waals surface area (Å²) in [5.74, 6) is -0.570. The molecule has 0 spiro atoms. The first-order valence-electron chi connectivity index (χ1n) is 6.38. The molecule has 110 valence electrons. The summed E-state index contributed by atoms with van der Waals surface area (Å²) >= 11 is 0. The molecule has 2 rings (SSSR count). The van der Waals surface area contributed by atoms with Crippen LogP contribution in [0, 0.1) is 22.9 Å². The zero-order valence-electron chi connectivity index (χ0n) is 11.6. The lowest BCUT2D eigenvalue weighted by atomic mass is 10.0. The van der Waals surface area contributed by atoms with E-state index in [1.807, 2.05) is 6.92 Å². The average Bonchev–Trinajstić information content (AvgIpc) is 2.40. The molecule has 6 heteroatoms. The summed E-state index contributed by atoms with van der Waals surface area (Å²) in [5.41, 5.74) is 1.58. The Kier molecular flexibility index (Phi) is 4.07. The van der Waals surface area contributed by atoms with Gasteiger partial charge in [0, 0.05) is 17.3 Å². The van der Waals surface area contributed by atoms with Crippen LogP contribution in [0.25, 0.3) is 0 Å². The first kappa shape index (κ1) is 14.8. The van der Waals surface area contributed by atoms with Gasteiger partial charge in [0.2, 0.25) is 0 Å². The number of hydrogen-bond donors (Lipinski definition) is 2. The van der Waals surface area contributed by atoms with Crippen molar-refractivity contribution >= 4 is 11.4 Å². The SMILES string of the molecule is Cc1ccc(O)c(C(C)Nc2cc(F)cc([N+](=O)[O-])c2)c1. The van der Waals surface area contributed by atoms with Gasteiger partial charge in [-0.15, -0.1) is 0 Å². The molecule has 0 amide bonds. The van der Waals surface area contributed by atoms with E-state index < -0.39 is 10.7 Å². The van der Waals surface area contributed by atoms with Gasteiger partial charge in [-0.05, 0) is 26.0 Å². The van der Waals surface area contributed by atoms with E-state index in [0.717, 1.165) is 11.6 Å². The number of benzene rings is 2. The van der Waals surface area contributed by atoms with E-state index in [1.165, 1.54) is 12.1 Å². The minimum absolute atomic E-state index is 0.117. The molecule has 2 aromatic carbocycles. The number of nitrogens with zero attached hydrogens (tertiary/aromatic N) is 1. The van der Waals surface area contributed by atoms with E-state index in [2.05, 4.69) is 5.32 Å². The van der Waals surface area contributed by atoms with Gasteiger partial charge >= 0.3 is 0 Å². The maximum atomic E-state index is 13.4. The number of aromatic hydroxyl groups is 1. The van der Waals surface area contributed by atoms with Crippen molar-refractivity contribution in [2.24, 2.45) is 0 Å². The minimum Gasteiger partial charge on any atom is -0.508 e. The lowest BCUT2D eigenvalue weighted by Crippen LogP contribution is -2.07. The van der Waals surface area contributed by atoms with Gasteiger partial charge in [-0.25, -0.2) is 4.39 Å². The molecular weight excluding hydrogens is 275 g/mol. The van der Waals surface area contributed by atoms with Gasteiger partial charge in [0.05, 0.1) is 17.0 Å². The monoisotopic (exact) mass is 290 g/mol. The maximum absolute atomic E-state index is 13.4. The Morgan fingerprint density at radius 2 is 2.00 bits per heavy atom. The molecule has 1 atom stereocenters. The summed E-state index contributed by atoms with van der Waals surface area (Å²) in [5, 5.41) is 23.5. The number of nitrogens with one attached hydrogen (secondary N) is 1. The Morgan fingerprint density at radius 3 is 2.67 bits per heavy atom. The number of hydrogen-bond acceptors (Lipinski definition) is 4. The van der Waals surface area contributed by atoms with Gasteiger partial charge in [0.25, 0.3) is 5.69 Å². The van der Waals surface area contributed by atoms with E-state index in [9.17, 15) is 19.6 Å². The van der Waals surface area contributed by atoms with E-state index in [4.69, 9.17) is 0 Å². The van der Waals surface area contributed by atoms with E-state index in [1.54, 1.807) is 25.1 Å². The van der Waals surface area contributed by atoms with Gasteiger partial charge < -0.3 is 10.4 Å². The smallest absolute Gasteiger partial charge is 0.274 e. The maximum Gasteiger partial charge on any atom is 0.274 e. The molecule has 2 aromatic rings. The van der Waals surface area contributed by atoms with Gasteiger partial charge in [-0.3, -0.25) is 10.1 Å². The highest BCUT2D eigenvalue weighted by Crippen LogP contribution is 2.29. The summed E-state index contributed by atoms with van der Waals surface area (Å²) in [6, 6.07) is 8.13. The van der Waals surface area contributed by atoms with Crippen LogP contribution in [0.15, 0.2) is 36.4 Å². The van der Waals surface area contributed by atoms with Gasteiger partial charge in [0.1, 0.15) is 11.6 Å². The van der Waals surface area contributed by atoms with E-state index in [-0.39, 0.29) is 23.2 Å². The number of rotatable bonds is 4. The number of phenolic OH excluding ortho intramolecular Hbond substituents is 1. The van der Waals surface area contributed by atoms with Crippen molar-refractivity contribution < 1.29 is 14.4 Å². The first-order valence-corrected chi connectivity index (χ1v) is 6.38. The minimum atomic E-state index is -0.688. The molecular formula is C15H15FN2O3. The molecule has 0 radical (unpaired) electrons. The van der Waals surface area contributed by atoms with Crippen LogP contribution in [-0.4, -0.2) is 10.0 Å². The predicted octanol–water partition coefficient (Wildman–Crippen LogP) is 3.92.